The van der Waals surface area contributed by atoms with E-state index in [0.29, 0.717) is 11.5 Å². The van der Waals surface area contributed by atoms with E-state index in [4.69, 9.17) is 12.2 Å². The summed E-state index contributed by atoms with van der Waals surface area (Å²) in [7, 11) is 0. The highest BCUT2D eigenvalue weighted by Crippen LogP contribution is 2.36. The van der Waals surface area contributed by atoms with Gasteiger partial charge in [0.1, 0.15) is 0 Å². The fraction of sp³-hybridized carbons (Fsp3) is 0.917. The Kier molecular flexibility index (Phi) is 4.84. The van der Waals surface area contributed by atoms with Crippen molar-refractivity contribution in [3.63, 3.8) is 0 Å². The smallest absolute Gasteiger partial charge is 0.166 e. The summed E-state index contributed by atoms with van der Waals surface area (Å²) in [6.45, 7) is 7.84. The van der Waals surface area contributed by atoms with Gasteiger partial charge in [-0.1, -0.05) is 33.6 Å². The molecule has 1 aliphatic carbocycles. The van der Waals surface area contributed by atoms with E-state index in [9.17, 15) is 0 Å². The highest BCUT2D eigenvalue weighted by atomic mass is 32.1. The van der Waals surface area contributed by atoms with E-state index >= 15 is 0 Å². The van der Waals surface area contributed by atoms with Gasteiger partial charge in [-0.25, -0.2) is 0 Å². The van der Waals surface area contributed by atoms with Gasteiger partial charge in [-0.2, -0.15) is 0 Å². The van der Waals surface area contributed by atoms with Gasteiger partial charge < -0.3 is 10.6 Å². The van der Waals surface area contributed by atoms with Gasteiger partial charge >= 0.3 is 0 Å². The van der Waals surface area contributed by atoms with Gasteiger partial charge in [0.2, 0.25) is 0 Å². The molecule has 0 bridgehead atoms. The molecule has 1 aliphatic rings. The summed E-state index contributed by atoms with van der Waals surface area (Å²) in [6.07, 6.45) is 6.29. The van der Waals surface area contributed by atoms with Gasteiger partial charge in [0.05, 0.1) is 0 Å². The molecule has 1 rings (SSSR count). The Labute approximate surface area is 99.2 Å². The number of rotatable bonds is 4. The van der Waals surface area contributed by atoms with E-state index in [0.717, 1.165) is 11.7 Å². The van der Waals surface area contributed by atoms with Crippen LogP contribution in [0.5, 0.6) is 0 Å². The Morgan fingerprint density at radius 3 is 2.73 bits per heavy atom. The van der Waals surface area contributed by atoms with Crippen LogP contribution >= 0.6 is 12.2 Å². The standard InChI is InChI=1S/C12H24N2S/c1-4-5-9-13-11(15)14-10-7-6-8-12(10,2)3/h10H,4-9H2,1-3H3,(H2,13,14,15). The van der Waals surface area contributed by atoms with Crippen molar-refractivity contribution in [3.05, 3.63) is 0 Å². The van der Waals surface area contributed by atoms with Gasteiger partial charge in [-0.05, 0) is 36.9 Å². The molecule has 0 aromatic rings. The van der Waals surface area contributed by atoms with Crippen molar-refractivity contribution in [3.8, 4) is 0 Å². The van der Waals surface area contributed by atoms with Gasteiger partial charge in [0, 0.05) is 12.6 Å². The van der Waals surface area contributed by atoms with E-state index in [1.54, 1.807) is 0 Å². The van der Waals surface area contributed by atoms with E-state index in [1.165, 1.54) is 32.1 Å². The van der Waals surface area contributed by atoms with E-state index < -0.39 is 0 Å². The predicted molar refractivity (Wildman–Crippen MR) is 70.1 cm³/mol. The number of thiocarbonyl (C=S) groups is 1. The molecule has 15 heavy (non-hydrogen) atoms. The molecule has 1 saturated carbocycles. The minimum absolute atomic E-state index is 0.399. The second-order valence-electron chi connectivity index (χ2n) is 5.19. The Balaban J connectivity index is 2.25. The summed E-state index contributed by atoms with van der Waals surface area (Å²) < 4.78 is 0. The van der Waals surface area contributed by atoms with Crippen LogP contribution in [0.2, 0.25) is 0 Å². The molecule has 0 aromatic heterocycles. The lowest BCUT2D eigenvalue weighted by Crippen LogP contribution is -2.46. The molecule has 1 atom stereocenters. The molecule has 0 radical (unpaired) electrons. The lowest BCUT2D eigenvalue weighted by Gasteiger charge is -2.29. The van der Waals surface area contributed by atoms with Crippen molar-refractivity contribution in [2.45, 2.75) is 58.9 Å². The highest BCUT2D eigenvalue weighted by Gasteiger charge is 2.34. The summed E-state index contributed by atoms with van der Waals surface area (Å²) in [5.74, 6) is 0. The topological polar surface area (TPSA) is 24.1 Å². The van der Waals surface area contributed by atoms with Crippen LogP contribution in [0.1, 0.15) is 52.9 Å². The lowest BCUT2D eigenvalue weighted by atomic mass is 9.87. The highest BCUT2D eigenvalue weighted by molar-refractivity contribution is 7.80. The fourth-order valence-corrected chi connectivity index (χ4v) is 2.43. The van der Waals surface area contributed by atoms with Crippen molar-refractivity contribution in [2.75, 3.05) is 6.54 Å². The first-order valence-electron chi connectivity index (χ1n) is 6.10. The van der Waals surface area contributed by atoms with Crippen LogP contribution in [0, 0.1) is 5.41 Å². The van der Waals surface area contributed by atoms with E-state index in [1.807, 2.05) is 0 Å². The average Bonchev–Trinajstić information content (AvgIpc) is 2.46. The molecule has 0 heterocycles. The Bertz CT molecular complexity index is 214. The van der Waals surface area contributed by atoms with Crippen molar-refractivity contribution < 1.29 is 0 Å². The maximum Gasteiger partial charge on any atom is 0.166 e. The van der Waals surface area contributed by atoms with Crippen LogP contribution in [0.15, 0.2) is 0 Å². The van der Waals surface area contributed by atoms with Crippen LogP contribution in [0.4, 0.5) is 0 Å². The monoisotopic (exact) mass is 228 g/mol. The number of unbranched alkanes of at least 4 members (excludes halogenated alkanes) is 1. The molecule has 2 N–H and O–H groups in total. The molecule has 1 unspecified atom stereocenters. The van der Waals surface area contributed by atoms with Crippen LogP contribution in [0.3, 0.4) is 0 Å². The molecule has 0 aliphatic heterocycles. The third-order valence-electron chi connectivity index (χ3n) is 3.38. The van der Waals surface area contributed by atoms with E-state index in [2.05, 4.69) is 31.4 Å². The summed E-state index contributed by atoms with van der Waals surface area (Å²) in [6, 6.07) is 0.555. The first kappa shape index (κ1) is 12.8. The Morgan fingerprint density at radius 2 is 2.20 bits per heavy atom. The Hall–Kier alpha value is -0.310. The van der Waals surface area contributed by atoms with Crippen molar-refractivity contribution in [1.82, 2.24) is 10.6 Å². The zero-order chi connectivity index (χ0) is 11.3. The van der Waals surface area contributed by atoms with Crippen LogP contribution < -0.4 is 10.6 Å². The fourth-order valence-electron chi connectivity index (χ4n) is 2.18. The molecule has 0 amide bonds. The van der Waals surface area contributed by atoms with Crippen molar-refractivity contribution >= 4 is 17.3 Å². The lowest BCUT2D eigenvalue weighted by molar-refractivity contribution is 0.310. The second-order valence-corrected chi connectivity index (χ2v) is 5.60. The van der Waals surface area contributed by atoms with E-state index in [-0.39, 0.29) is 0 Å². The average molecular weight is 228 g/mol. The largest absolute Gasteiger partial charge is 0.363 e. The first-order valence-corrected chi connectivity index (χ1v) is 6.51. The van der Waals surface area contributed by atoms with Gasteiger partial charge in [0.25, 0.3) is 0 Å². The van der Waals surface area contributed by atoms with Crippen molar-refractivity contribution in [1.29, 1.82) is 0 Å². The SMILES string of the molecule is CCCCNC(=S)NC1CCCC1(C)C. The zero-order valence-electron chi connectivity index (χ0n) is 10.2. The summed E-state index contributed by atoms with van der Waals surface area (Å²) in [5, 5.41) is 7.55. The molecule has 3 heteroatoms. The van der Waals surface area contributed by atoms with Gasteiger partial charge in [-0.15, -0.1) is 0 Å². The normalized spacial score (nSPS) is 23.8. The van der Waals surface area contributed by atoms with Gasteiger partial charge in [0.15, 0.2) is 5.11 Å². The third-order valence-corrected chi connectivity index (χ3v) is 3.64. The van der Waals surface area contributed by atoms with Crippen LogP contribution in [-0.4, -0.2) is 17.7 Å². The van der Waals surface area contributed by atoms with Crippen molar-refractivity contribution in [2.24, 2.45) is 5.41 Å². The van der Waals surface area contributed by atoms with Gasteiger partial charge in [-0.3, -0.25) is 0 Å². The molecule has 1 fully saturated rings. The third kappa shape index (κ3) is 3.98. The zero-order valence-corrected chi connectivity index (χ0v) is 11.0. The predicted octanol–water partition coefficient (Wildman–Crippen LogP) is 2.83. The van der Waals surface area contributed by atoms with Crippen LogP contribution in [-0.2, 0) is 0 Å². The summed E-state index contributed by atoms with van der Waals surface area (Å²) in [4.78, 5) is 0. The minimum atomic E-state index is 0.399. The molecule has 2 nitrogen and oxygen atoms in total. The Morgan fingerprint density at radius 1 is 1.47 bits per heavy atom. The molecule has 0 aromatic carbocycles. The molecular formula is C12H24N2S. The maximum atomic E-state index is 5.28. The molecule has 0 spiro atoms. The number of nitrogens with one attached hydrogen (secondary N) is 2. The maximum absolute atomic E-state index is 5.28. The second kappa shape index (κ2) is 5.69. The molecule has 0 saturated heterocycles. The first-order chi connectivity index (χ1) is 7.06. The number of hydrogen-bond acceptors (Lipinski definition) is 1. The minimum Gasteiger partial charge on any atom is -0.363 e. The molecular weight excluding hydrogens is 204 g/mol. The quantitative estimate of drug-likeness (QED) is 0.571. The summed E-state index contributed by atoms with van der Waals surface area (Å²) in [5.41, 5.74) is 0.399. The molecule has 88 valence electrons. The summed E-state index contributed by atoms with van der Waals surface area (Å²) >= 11 is 5.28. The number of hydrogen-bond donors (Lipinski definition) is 2. The van der Waals surface area contributed by atoms with Crippen LogP contribution in [0.25, 0.3) is 0 Å².